The summed E-state index contributed by atoms with van der Waals surface area (Å²) < 4.78 is 11.5. The molecule has 0 fully saturated rings. The molecular weight excluding hydrogens is 407 g/mol. The van der Waals surface area contributed by atoms with Crippen molar-refractivity contribution in [3.8, 4) is 10.6 Å². The predicted molar refractivity (Wildman–Crippen MR) is 132 cm³/mol. The quantitative estimate of drug-likeness (QED) is 0.359. The van der Waals surface area contributed by atoms with Gasteiger partial charge in [-0.2, -0.15) is 5.10 Å². The second kappa shape index (κ2) is 11.1. The highest BCUT2D eigenvalue weighted by Gasteiger charge is 2.22. The lowest BCUT2D eigenvalue weighted by Gasteiger charge is -2.14. The van der Waals surface area contributed by atoms with Gasteiger partial charge in [0, 0.05) is 11.1 Å². The molecular formula is C25H33FN4S. The Bertz CT molecular complexity index is 1100. The SMILES string of the molecule is C=C/C=C(\C=C/C)c1nc(C)c(-c2c(C)nc3c(C(CC)CC)cc(C)nn23)s1.CF. The number of aromatic nitrogens is 4. The fourth-order valence-corrected chi connectivity index (χ4v) is 4.97. The third-order valence-corrected chi connectivity index (χ3v) is 6.45. The highest BCUT2D eigenvalue weighted by molar-refractivity contribution is 7.16. The number of hydrogen-bond donors (Lipinski definition) is 0. The number of hydrogen-bond acceptors (Lipinski definition) is 4. The Hall–Kier alpha value is -2.60. The number of allylic oxidation sites excluding steroid dienone is 5. The molecule has 0 saturated heterocycles. The van der Waals surface area contributed by atoms with Crippen molar-refractivity contribution in [1.29, 1.82) is 0 Å². The molecule has 0 N–H and O–H groups in total. The van der Waals surface area contributed by atoms with Gasteiger partial charge in [0.25, 0.3) is 0 Å². The first-order valence-corrected chi connectivity index (χ1v) is 11.4. The van der Waals surface area contributed by atoms with E-state index in [9.17, 15) is 4.39 Å². The number of alkyl halides is 1. The maximum Gasteiger partial charge on any atom is 0.158 e. The Kier molecular flexibility index (Phi) is 8.87. The number of halogens is 1. The average Bonchev–Trinajstić information content (AvgIpc) is 3.29. The smallest absolute Gasteiger partial charge is 0.158 e. The van der Waals surface area contributed by atoms with Crippen LogP contribution in [0.4, 0.5) is 4.39 Å². The first kappa shape index (κ1) is 24.7. The van der Waals surface area contributed by atoms with E-state index in [1.165, 1.54) is 5.56 Å². The van der Waals surface area contributed by atoms with E-state index in [4.69, 9.17) is 15.1 Å². The lowest BCUT2D eigenvalue weighted by Crippen LogP contribution is -2.05. The summed E-state index contributed by atoms with van der Waals surface area (Å²) in [5, 5.41) is 5.82. The molecule has 166 valence electrons. The van der Waals surface area contributed by atoms with Crippen LogP contribution in [0.15, 0.2) is 36.9 Å². The summed E-state index contributed by atoms with van der Waals surface area (Å²) in [6.07, 6.45) is 10.1. The van der Waals surface area contributed by atoms with E-state index in [2.05, 4.69) is 53.3 Å². The van der Waals surface area contributed by atoms with E-state index in [0.29, 0.717) is 13.1 Å². The van der Waals surface area contributed by atoms with Crippen molar-refractivity contribution in [1.82, 2.24) is 19.6 Å². The van der Waals surface area contributed by atoms with Crippen LogP contribution in [0.2, 0.25) is 0 Å². The van der Waals surface area contributed by atoms with Gasteiger partial charge in [-0.05, 0) is 52.5 Å². The zero-order chi connectivity index (χ0) is 23.1. The molecule has 0 spiro atoms. The molecule has 0 aromatic carbocycles. The number of thiazole rings is 1. The monoisotopic (exact) mass is 440 g/mol. The van der Waals surface area contributed by atoms with E-state index in [-0.39, 0.29) is 0 Å². The number of imidazole rings is 1. The predicted octanol–water partition coefficient (Wildman–Crippen LogP) is 7.41. The molecule has 31 heavy (non-hydrogen) atoms. The summed E-state index contributed by atoms with van der Waals surface area (Å²) in [4.78, 5) is 10.9. The van der Waals surface area contributed by atoms with Gasteiger partial charge in [-0.25, -0.2) is 14.5 Å². The van der Waals surface area contributed by atoms with Gasteiger partial charge in [0.1, 0.15) is 10.7 Å². The van der Waals surface area contributed by atoms with Gasteiger partial charge in [-0.1, -0.05) is 44.7 Å². The summed E-state index contributed by atoms with van der Waals surface area (Å²) in [6.45, 7) is 16.5. The Morgan fingerprint density at radius 3 is 2.42 bits per heavy atom. The van der Waals surface area contributed by atoms with Gasteiger partial charge in [0.2, 0.25) is 0 Å². The fraction of sp³-hybridized carbons (Fsp3) is 0.400. The maximum absolute atomic E-state index is 9.50. The minimum atomic E-state index is 0.490. The first-order valence-electron chi connectivity index (χ1n) is 10.6. The second-order valence-electron chi connectivity index (χ2n) is 7.33. The van der Waals surface area contributed by atoms with Gasteiger partial charge < -0.3 is 0 Å². The van der Waals surface area contributed by atoms with Crippen molar-refractivity contribution >= 4 is 22.6 Å². The van der Waals surface area contributed by atoms with Crippen LogP contribution in [0.5, 0.6) is 0 Å². The molecule has 3 aromatic heterocycles. The van der Waals surface area contributed by atoms with E-state index in [1.807, 2.05) is 23.6 Å². The highest BCUT2D eigenvalue weighted by atomic mass is 32.1. The van der Waals surface area contributed by atoms with E-state index >= 15 is 0 Å². The molecule has 0 aliphatic rings. The summed E-state index contributed by atoms with van der Waals surface area (Å²) in [6, 6.07) is 2.20. The minimum absolute atomic E-state index is 0.490. The molecule has 3 rings (SSSR count). The minimum Gasteiger partial charge on any atom is -0.255 e. The zero-order valence-electron chi connectivity index (χ0n) is 19.7. The molecule has 0 bridgehead atoms. The summed E-state index contributed by atoms with van der Waals surface area (Å²) in [7, 11) is 0.500. The van der Waals surface area contributed by atoms with Gasteiger partial charge in [0.15, 0.2) is 5.65 Å². The van der Waals surface area contributed by atoms with Crippen molar-refractivity contribution < 1.29 is 4.39 Å². The lowest BCUT2D eigenvalue weighted by molar-refractivity contribution is 0.636. The summed E-state index contributed by atoms with van der Waals surface area (Å²) >= 11 is 1.69. The van der Waals surface area contributed by atoms with Crippen LogP contribution in [0, 0.1) is 20.8 Å². The molecule has 3 heterocycles. The standard InChI is InChI=1S/C24H30N4S.CH3F/c1-8-12-19(13-9-2)24-26-17(7)22(29-24)21-16(6)25-23-20(18(10-3)11-4)14-15(5)27-28(21)23;1-2/h8-9,12-14,18H,1,10-11H2,2-7H3;1H3/b13-9-,19-12+;. The van der Waals surface area contributed by atoms with Crippen molar-refractivity contribution in [3.05, 3.63) is 64.6 Å². The summed E-state index contributed by atoms with van der Waals surface area (Å²) in [5.74, 6) is 0.490. The second-order valence-corrected chi connectivity index (χ2v) is 8.33. The van der Waals surface area contributed by atoms with Gasteiger partial charge >= 0.3 is 0 Å². The van der Waals surface area contributed by atoms with Crippen LogP contribution in [0.1, 0.15) is 67.2 Å². The molecule has 4 nitrogen and oxygen atoms in total. The van der Waals surface area contributed by atoms with E-state index in [0.717, 1.165) is 56.7 Å². The number of fused-ring (bicyclic) bond motifs is 1. The van der Waals surface area contributed by atoms with Gasteiger partial charge in [-0.3, -0.25) is 4.39 Å². The third kappa shape index (κ3) is 5.01. The topological polar surface area (TPSA) is 43.1 Å². The van der Waals surface area contributed by atoms with E-state index < -0.39 is 0 Å². The van der Waals surface area contributed by atoms with Crippen molar-refractivity contribution in [3.63, 3.8) is 0 Å². The first-order chi connectivity index (χ1) is 14.9. The van der Waals surface area contributed by atoms with Crippen LogP contribution in [0.25, 0.3) is 21.8 Å². The molecule has 6 heteroatoms. The van der Waals surface area contributed by atoms with Crippen molar-refractivity contribution in [2.24, 2.45) is 0 Å². The lowest BCUT2D eigenvalue weighted by atomic mass is 9.95. The number of rotatable bonds is 7. The Morgan fingerprint density at radius 2 is 1.84 bits per heavy atom. The Labute approximate surface area is 189 Å². The molecule has 3 aromatic rings. The van der Waals surface area contributed by atoms with Crippen molar-refractivity contribution in [2.45, 2.75) is 60.3 Å². The highest BCUT2D eigenvalue weighted by Crippen LogP contribution is 2.37. The molecule has 0 aliphatic carbocycles. The average molecular weight is 441 g/mol. The molecule has 0 saturated carbocycles. The van der Waals surface area contributed by atoms with Crippen LogP contribution in [0.3, 0.4) is 0 Å². The molecule has 0 atom stereocenters. The van der Waals surface area contributed by atoms with Crippen LogP contribution in [-0.2, 0) is 0 Å². The largest absolute Gasteiger partial charge is 0.255 e. The maximum atomic E-state index is 9.50. The molecule has 0 unspecified atom stereocenters. The third-order valence-electron chi connectivity index (χ3n) is 5.24. The van der Waals surface area contributed by atoms with Crippen LogP contribution in [-0.4, -0.2) is 26.8 Å². The molecule has 0 radical (unpaired) electrons. The molecule has 0 aliphatic heterocycles. The zero-order valence-corrected chi connectivity index (χ0v) is 20.5. The van der Waals surface area contributed by atoms with Gasteiger partial charge in [-0.15, -0.1) is 11.3 Å². The number of nitrogens with zero attached hydrogens (tertiary/aromatic N) is 4. The normalized spacial score (nSPS) is 12.0. The Morgan fingerprint density at radius 1 is 1.16 bits per heavy atom. The van der Waals surface area contributed by atoms with Gasteiger partial charge in [0.05, 0.1) is 29.1 Å². The summed E-state index contributed by atoms with van der Waals surface area (Å²) in [5.41, 5.74) is 7.39. The Balaban J connectivity index is 0.00000166. The number of aryl methyl sites for hydroxylation is 3. The fourth-order valence-electron chi connectivity index (χ4n) is 3.81. The van der Waals surface area contributed by atoms with E-state index in [1.54, 1.807) is 17.4 Å². The van der Waals surface area contributed by atoms with Crippen LogP contribution >= 0.6 is 11.3 Å². The molecule has 0 amide bonds. The van der Waals surface area contributed by atoms with Crippen molar-refractivity contribution in [2.75, 3.05) is 7.18 Å². The van der Waals surface area contributed by atoms with Crippen LogP contribution < -0.4 is 0 Å².